The standard InChI is InChI=1S/C12H13F3O/c1-3-9-5-4-6-10(8(2)7-16)11(9)12(13,14)15/h3-6,8,16H,1,7H2,2H3. The summed E-state index contributed by atoms with van der Waals surface area (Å²) in [5, 5.41) is 8.95. The summed E-state index contributed by atoms with van der Waals surface area (Å²) < 4.78 is 38.6. The van der Waals surface area contributed by atoms with Crippen LogP contribution in [0.4, 0.5) is 13.2 Å². The smallest absolute Gasteiger partial charge is 0.396 e. The summed E-state index contributed by atoms with van der Waals surface area (Å²) in [6.45, 7) is 4.61. The van der Waals surface area contributed by atoms with Gasteiger partial charge in [0.25, 0.3) is 0 Å². The minimum absolute atomic E-state index is 0.0466. The summed E-state index contributed by atoms with van der Waals surface area (Å²) in [5.41, 5.74) is -0.552. The van der Waals surface area contributed by atoms with Crippen LogP contribution in [0.1, 0.15) is 29.5 Å². The zero-order valence-electron chi connectivity index (χ0n) is 8.88. The van der Waals surface area contributed by atoms with Crippen LogP contribution < -0.4 is 0 Å². The predicted molar refractivity (Wildman–Crippen MR) is 57.0 cm³/mol. The zero-order valence-corrected chi connectivity index (χ0v) is 8.88. The van der Waals surface area contributed by atoms with E-state index < -0.39 is 17.7 Å². The van der Waals surface area contributed by atoms with Crippen molar-refractivity contribution in [2.45, 2.75) is 19.0 Å². The van der Waals surface area contributed by atoms with E-state index in [-0.39, 0.29) is 17.7 Å². The maximum absolute atomic E-state index is 12.9. The van der Waals surface area contributed by atoms with Crippen LogP contribution in [0.3, 0.4) is 0 Å². The normalized spacial score (nSPS) is 13.6. The molecule has 0 saturated carbocycles. The molecule has 0 bridgehead atoms. The third-order valence-electron chi connectivity index (χ3n) is 2.44. The van der Waals surface area contributed by atoms with Crippen LogP contribution in [0.5, 0.6) is 0 Å². The number of rotatable bonds is 3. The number of alkyl halides is 3. The van der Waals surface area contributed by atoms with Crippen molar-refractivity contribution >= 4 is 6.08 Å². The third kappa shape index (κ3) is 2.44. The van der Waals surface area contributed by atoms with Crippen LogP contribution >= 0.6 is 0 Å². The molecule has 1 N–H and O–H groups in total. The number of aliphatic hydroxyl groups is 1. The van der Waals surface area contributed by atoms with Crippen molar-refractivity contribution in [1.82, 2.24) is 0 Å². The van der Waals surface area contributed by atoms with E-state index in [0.29, 0.717) is 0 Å². The molecular formula is C12H13F3O. The fourth-order valence-electron chi connectivity index (χ4n) is 1.60. The Morgan fingerprint density at radius 1 is 1.44 bits per heavy atom. The van der Waals surface area contributed by atoms with Gasteiger partial charge in [0.05, 0.1) is 5.56 Å². The van der Waals surface area contributed by atoms with E-state index in [1.807, 2.05) is 0 Å². The Bertz CT molecular complexity index is 382. The fraction of sp³-hybridized carbons (Fsp3) is 0.333. The van der Waals surface area contributed by atoms with Crippen molar-refractivity contribution in [3.63, 3.8) is 0 Å². The SMILES string of the molecule is C=Cc1cccc(C(C)CO)c1C(F)(F)F. The Labute approximate surface area is 92.2 Å². The Morgan fingerprint density at radius 2 is 2.06 bits per heavy atom. The molecule has 0 aliphatic carbocycles. The van der Waals surface area contributed by atoms with E-state index >= 15 is 0 Å². The first kappa shape index (κ1) is 12.8. The molecule has 1 aromatic carbocycles. The molecule has 0 fully saturated rings. The van der Waals surface area contributed by atoms with Gasteiger partial charge in [0, 0.05) is 12.5 Å². The second kappa shape index (κ2) is 4.70. The molecule has 0 aliphatic heterocycles. The van der Waals surface area contributed by atoms with E-state index in [9.17, 15) is 13.2 Å². The second-order valence-corrected chi connectivity index (χ2v) is 3.60. The monoisotopic (exact) mass is 230 g/mol. The van der Waals surface area contributed by atoms with Crippen molar-refractivity contribution in [3.05, 3.63) is 41.5 Å². The van der Waals surface area contributed by atoms with Gasteiger partial charge in [-0.05, 0) is 11.1 Å². The number of aliphatic hydroxyl groups excluding tert-OH is 1. The molecule has 0 aliphatic rings. The number of halogens is 3. The van der Waals surface area contributed by atoms with Crippen LogP contribution in [-0.4, -0.2) is 11.7 Å². The van der Waals surface area contributed by atoms with Gasteiger partial charge in [-0.1, -0.05) is 37.8 Å². The molecule has 0 saturated heterocycles. The number of benzene rings is 1. The fourth-order valence-corrected chi connectivity index (χ4v) is 1.60. The Balaban J connectivity index is 3.44. The minimum Gasteiger partial charge on any atom is -0.396 e. The molecule has 0 spiro atoms. The highest BCUT2D eigenvalue weighted by molar-refractivity contribution is 5.56. The molecule has 1 nitrogen and oxygen atoms in total. The van der Waals surface area contributed by atoms with Gasteiger partial charge in [-0.15, -0.1) is 0 Å². The van der Waals surface area contributed by atoms with Gasteiger partial charge in [0.2, 0.25) is 0 Å². The molecule has 1 aromatic rings. The van der Waals surface area contributed by atoms with E-state index in [1.54, 1.807) is 6.92 Å². The van der Waals surface area contributed by atoms with Gasteiger partial charge in [0.1, 0.15) is 0 Å². The van der Waals surface area contributed by atoms with Crippen LogP contribution in [-0.2, 0) is 6.18 Å². The molecule has 1 rings (SSSR count). The molecular weight excluding hydrogens is 217 g/mol. The lowest BCUT2D eigenvalue weighted by Crippen LogP contribution is -2.14. The van der Waals surface area contributed by atoms with Crippen molar-refractivity contribution < 1.29 is 18.3 Å². The lowest BCUT2D eigenvalue weighted by Gasteiger charge is -2.19. The predicted octanol–water partition coefficient (Wildman–Crippen LogP) is 3.44. The summed E-state index contributed by atoms with van der Waals surface area (Å²) in [7, 11) is 0. The van der Waals surface area contributed by atoms with Gasteiger partial charge in [-0.3, -0.25) is 0 Å². The van der Waals surface area contributed by atoms with Crippen LogP contribution in [0.25, 0.3) is 6.08 Å². The number of hydrogen-bond donors (Lipinski definition) is 1. The highest BCUT2D eigenvalue weighted by Gasteiger charge is 2.36. The highest BCUT2D eigenvalue weighted by atomic mass is 19.4. The summed E-state index contributed by atoms with van der Waals surface area (Å²) in [6, 6.07) is 4.29. The maximum Gasteiger partial charge on any atom is 0.417 e. The Hall–Kier alpha value is -1.29. The molecule has 1 atom stereocenters. The Kier molecular flexibility index (Phi) is 3.75. The first-order valence-corrected chi connectivity index (χ1v) is 4.85. The molecule has 0 aromatic heterocycles. The third-order valence-corrected chi connectivity index (χ3v) is 2.44. The van der Waals surface area contributed by atoms with Crippen LogP contribution in [0.15, 0.2) is 24.8 Å². The molecule has 0 radical (unpaired) electrons. The van der Waals surface area contributed by atoms with E-state index in [0.717, 1.165) is 0 Å². The van der Waals surface area contributed by atoms with Gasteiger partial charge in [0.15, 0.2) is 0 Å². The van der Waals surface area contributed by atoms with Crippen molar-refractivity contribution in [3.8, 4) is 0 Å². The highest BCUT2D eigenvalue weighted by Crippen LogP contribution is 2.37. The van der Waals surface area contributed by atoms with Crippen molar-refractivity contribution in [2.24, 2.45) is 0 Å². The average Bonchev–Trinajstić information content (AvgIpc) is 2.25. The van der Waals surface area contributed by atoms with E-state index in [2.05, 4.69) is 6.58 Å². The van der Waals surface area contributed by atoms with Crippen LogP contribution in [0, 0.1) is 0 Å². The zero-order chi connectivity index (χ0) is 12.3. The maximum atomic E-state index is 12.9. The molecule has 0 heterocycles. The number of hydrogen-bond acceptors (Lipinski definition) is 1. The van der Waals surface area contributed by atoms with Gasteiger partial charge in [-0.25, -0.2) is 0 Å². The first-order valence-electron chi connectivity index (χ1n) is 4.85. The van der Waals surface area contributed by atoms with Gasteiger partial charge >= 0.3 is 6.18 Å². The van der Waals surface area contributed by atoms with Gasteiger partial charge in [-0.2, -0.15) is 13.2 Å². The lowest BCUT2D eigenvalue weighted by atomic mass is 9.92. The summed E-state index contributed by atoms with van der Waals surface area (Å²) in [4.78, 5) is 0. The average molecular weight is 230 g/mol. The molecule has 88 valence electrons. The van der Waals surface area contributed by atoms with Gasteiger partial charge < -0.3 is 5.11 Å². The quantitative estimate of drug-likeness (QED) is 0.843. The van der Waals surface area contributed by atoms with Crippen LogP contribution in [0.2, 0.25) is 0 Å². The van der Waals surface area contributed by atoms with E-state index in [4.69, 9.17) is 5.11 Å². The summed E-state index contributed by atoms with van der Waals surface area (Å²) >= 11 is 0. The Morgan fingerprint density at radius 3 is 2.50 bits per heavy atom. The van der Waals surface area contributed by atoms with Crippen molar-refractivity contribution in [1.29, 1.82) is 0 Å². The summed E-state index contributed by atoms with van der Waals surface area (Å²) in [6.07, 6.45) is -3.25. The lowest BCUT2D eigenvalue weighted by molar-refractivity contribution is -0.138. The summed E-state index contributed by atoms with van der Waals surface area (Å²) in [5.74, 6) is -0.545. The second-order valence-electron chi connectivity index (χ2n) is 3.60. The van der Waals surface area contributed by atoms with E-state index in [1.165, 1.54) is 24.3 Å². The molecule has 4 heteroatoms. The largest absolute Gasteiger partial charge is 0.417 e. The molecule has 1 unspecified atom stereocenters. The molecule has 16 heavy (non-hydrogen) atoms. The molecule has 0 amide bonds. The minimum atomic E-state index is -4.43. The first-order chi connectivity index (χ1) is 7.41. The van der Waals surface area contributed by atoms with Crippen molar-refractivity contribution in [2.75, 3.05) is 6.61 Å². The topological polar surface area (TPSA) is 20.2 Å².